The molecule has 4 rings (SSSR count). The molecule has 2 fully saturated rings. The Kier molecular flexibility index (Phi) is 6.35. The number of benzene rings is 1. The van der Waals surface area contributed by atoms with Crippen molar-refractivity contribution in [3.8, 4) is 0 Å². The van der Waals surface area contributed by atoms with E-state index in [1.54, 1.807) is 15.9 Å². The van der Waals surface area contributed by atoms with Crippen LogP contribution in [0.1, 0.15) is 19.4 Å². The molecule has 8 heteroatoms. The molecule has 3 aliphatic heterocycles. The molecule has 0 aromatic heterocycles. The molecular weight excluding hydrogens is 408 g/mol. The van der Waals surface area contributed by atoms with E-state index in [9.17, 15) is 14.4 Å². The number of morpholine rings is 1. The Morgan fingerprint density at radius 1 is 0.938 bits per heavy atom. The molecule has 1 aromatic carbocycles. The van der Waals surface area contributed by atoms with E-state index in [2.05, 4.69) is 35.8 Å². The maximum absolute atomic E-state index is 12.9. The van der Waals surface area contributed by atoms with Gasteiger partial charge in [0.1, 0.15) is 0 Å². The maximum atomic E-state index is 12.9. The second-order valence-electron chi connectivity index (χ2n) is 9.17. The Bertz CT molecular complexity index is 928. The van der Waals surface area contributed by atoms with Crippen molar-refractivity contribution in [2.75, 3.05) is 71.0 Å². The third-order valence-corrected chi connectivity index (χ3v) is 6.76. The maximum Gasteiger partial charge on any atom is 0.312 e. The molecule has 0 aliphatic carbocycles. The lowest BCUT2D eigenvalue weighted by Crippen LogP contribution is -2.55. The minimum absolute atomic E-state index is 0.0527. The van der Waals surface area contributed by atoms with Crippen LogP contribution >= 0.6 is 0 Å². The summed E-state index contributed by atoms with van der Waals surface area (Å²) in [5, 5.41) is 0. The standard InChI is InChI=1S/C24H32N4O4/c1-24(2)19-6-4-5-7-20(19)25(3)21(24)16-18(29)17-26-8-10-27(11-9-26)22(30)23(31)28-12-14-32-15-13-28/h4-7,16H,8-15,17H2,1-3H3/b21-16-. The van der Waals surface area contributed by atoms with Gasteiger partial charge in [0.2, 0.25) is 0 Å². The smallest absolute Gasteiger partial charge is 0.312 e. The number of hydrogen-bond donors (Lipinski definition) is 0. The summed E-state index contributed by atoms with van der Waals surface area (Å²) in [6.45, 7) is 8.53. The molecule has 3 heterocycles. The number of ketones is 1. The van der Waals surface area contributed by atoms with Crippen molar-refractivity contribution >= 4 is 23.3 Å². The number of likely N-dealkylation sites (N-methyl/N-ethyl adjacent to an activating group) is 1. The van der Waals surface area contributed by atoms with E-state index in [4.69, 9.17) is 4.74 Å². The van der Waals surface area contributed by atoms with Crippen molar-refractivity contribution in [3.05, 3.63) is 41.6 Å². The number of hydrogen-bond acceptors (Lipinski definition) is 6. The van der Waals surface area contributed by atoms with Crippen LogP contribution in [0.3, 0.4) is 0 Å². The summed E-state index contributed by atoms with van der Waals surface area (Å²) in [5.74, 6) is -0.849. The van der Waals surface area contributed by atoms with Crippen LogP contribution in [0.25, 0.3) is 0 Å². The highest BCUT2D eigenvalue weighted by Crippen LogP contribution is 2.46. The topological polar surface area (TPSA) is 73.4 Å². The number of anilines is 1. The highest BCUT2D eigenvalue weighted by Gasteiger charge is 2.38. The average molecular weight is 441 g/mol. The highest BCUT2D eigenvalue weighted by atomic mass is 16.5. The summed E-state index contributed by atoms with van der Waals surface area (Å²) < 4.78 is 5.25. The Balaban J connectivity index is 1.32. The lowest BCUT2D eigenvalue weighted by molar-refractivity contribution is -0.155. The second kappa shape index (κ2) is 9.03. The first-order valence-corrected chi connectivity index (χ1v) is 11.3. The first-order chi connectivity index (χ1) is 15.3. The SMILES string of the molecule is CN1/C(=C\C(=O)CN2CCN(C(=O)C(=O)N3CCOCC3)CC2)C(C)(C)c2ccccc21. The van der Waals surface area contributed by atoms with Gasteiger partial charge in [-0.3, -0.25) is 19.3 Å². The van der Waals surface area contributed by atoms with Crippen LogP contribution in [-0.2, 0) is 24.5 Å². The van der Waals surface area contributed by atoms with Crippen molar-refractivity contribution in [1.29, 1.82) is 0 Å². The zero-order chi connectivity index (χ0) is 22.9. The van der Waals surface area contributed by atoms with Gasteiger partial charge in [-0.1, -0.05) is 32.0 Å². The summed E-state index contributed by atoms with van der Waals surface area (Å²) in [5.41, 5.74) is 3.12. The van der Waals surface area contributed by atoms with Gasteiger partial charge in [0, 0.05) is 69.2 Å². The third kappa shape index (κ3) is 4.29. The number of nitrogens with zero attached hydrogens (tertiary/aromatic N) is 4. The first-order valence-electron chi connectivity index (χ1n) is 11.3. The molecule has 0 spiro atoms. The lowest BCUT2D eigenvalue weighted by Gasteiger charge is -2.35. The van der Waals surface area contributed by atoms with Crippen molar-refractivity contribution in [3.63, 3.8) is 0 Å². The van der Waals surface area contributed by atoms with Crippen molar-refractivity contribution in [1.82, 2.24) is 14.7 Å². The van der Waals surface area contributed by atoms with Crippen LogP contribution < -0.4 is 4.90 Å². The molecule has 1 aromatic rings. The van der Waals surface area contributed by atoms with Gasteiger partial charge in [-0.05, 0) is 11.6 Å². The Morgan fingerprint density at radius 2 is 1.53 bits per heavy atom. The van der Waals surface area contributed by atoms with Crippen LogP contribution in [0.5, 0.6) is 0 Å². The Hall–Kier alpha value is -2.71. The number of piperazine rings is 1. The number of para-hydroxylation sites is 1. The molecule has 3 aliphatic rings. The quantitative estimate of drug-likeness (QED) is 0.513. The Morgan fingerprint density at radius 3 is 2.16 bits per heavy atom. The van der Waals surface area contributed by atoms with Gasteiger partial charge in [0.15, 0.2) is 5.78 Å². The van der Waals surface area contributed by atoms with Crippen molar-refractivity contribution in [2.45, 2.75) is 19.3 Å². The first kappa shape index (κ1) is 22.5. The van der Waals surface area contributed by atoms with Gasteiger partial charge in [-0.2, -0.15) is 0 Å². The number of ether oxygens (including phenoxy) is 1. The van der Waals surface area contributed by atoms with E-state index in [1.165, 1.54) is 5.56 Å². The van der Waals surface area contributed by atoms with Crippen molar-refractivity contribution in [2.24, 2.45) is 0 Å². The summed E-state index contributed by atoms with van der Waals surface area (Å²) in [6.07, 6.45) is 1.76. The fourth-order valence-electron chi connectivity index (χ4n) is 4.82. The molecular formula is C24H32N4O4. The number of allylic oxidation sites excluding steroid dienone is 1. The predicted octanol–water partition coefficient (Wildman–Crippen LogP) is 0.870. The molecule has 0 atom stereocenters. The molecule has 0 unspecified atom stereocenters. The minimum atomic E-state index is -0.452. The predicted molar refractivity (Wildman–Crippen MR) is 121 cm³/mol. The van der Waals surface area contributed by atoms with Crippen LogP contribution in [0.2, 0.25) is 0 Å². The monoisotopic (exact) mass is 440 g/mol. The highest BCUT2D eigenvalue weighted by molar-refractivity contribution is 6.34. The van der Waals surface area contributed by atoms with Crippen LogP contribution in [0.15, 0.2) is 36.0 Å². The van der Waals surface area contributed by atoms with Crippen LogP contribution in [0, 0.1) is 0 Å². The van der Waals surface area contributed by atoms with E-state index in [0.717, 1.165) is 11.4 Å². The summed E-state index contributed by atoms with van der Waals surface area (Å²) >= 11 is 0. The normalized spacial score (nSPS) is 22.2. The molecule has 0 bridgehead atoms. The van der Waals surface area contributed by atoms with E-state index in [1.807, 2.05) is 19.2 Å². The largest absolute Gasteiger partial charge is 0.378 e. The van der Waals surface area contributed by atoms with Gasteiger partial charge in [0.25, 0.3) is 0 Å². The van der Waals surface area contributed by atoms with Gasteiger partial charge >= 0.3 is 11.8 Å². The van der Waals surface area contributed by atoms with Gasteiger partial charge in [0.05, 0.1) is 19.8 Å². The zero-order valence-electron chi connectivity index (χ0n) is 19.2. The number of rotatable bonds is 3. The average Bonchev–Trinajstić information content (AvgIpc) is 3.00. The fraction of sp³-hybridized carbons (Fsp3) is 0.542. The number of amides is 2. The van der Waals surface area contributed by atoms with Crippen LogP contribution in [0.4, 0.5) is 5.69 Å². The molecule has 32 heavy (non-hydrogen) atoms. The van der Waals surface area contributed by atoms with Gasteiger partial charge < -0.3 is 19.4 Å². The number of carbonyl (C=O) groups excluding carboxylic acids is 3. The molecule has 172 valence electrons. The summed E-state index contributed by atoms with van der Waals surface area (Å²) in [4.78, 5) is 45.2. The molecule has 0 radical (unpaired) electrons. The van der Waals surface area contributed by atoms with Gasteiger partial charge in [-0.25, -0.2) is 0 Å². The number of fused-ring (bicyclic) bond motifs is 1. The lowest BCUT2D eigenvalue weighted by atomic mass is 9.83. The zero-order valence-corrected chi connectivity index (χ0v) is 19.2. The van der Waals surface area contributed by atoms with E-state index < -0.39 is 11.8 Å². The number of carbonyl (C=O) groups is 3. The van der Waals surface area contributed by atoms with Crippen molar-refractivity contribution < 1.29 is 19.1 Å². The molecule has 2 amide bonds. The molecule has 0 saturated carbocycles. The summed E-state index contributed by atoms with van der Waals surface area (Å²) in [7, 11) is 2.00. The molecule has 0 N–H and O–H groups in total. The molecule has 2 saturated heterocycles. The van der Waals surface area contributed by atoms with E-state index >= 15 is 0 Å². The summed E-state index contributed by atoms with van der Waals surface area (Å²) in [6, 6.07) is 8.24. The Labute approximate surface area is 189 Å². The third-order valence-electron chi connectivity index (χ3n) is 6.76. The second-order valence-corrected chi connectivity index (χ2v) is 9.17. The van der Waals surface area contributed by atoms with E-state index in [-0.39, 0.29) is 11.2 Å². The molecule has 8 nitrogen and oxygen atoms in total. The van der Waals surface area contributed by atoms with Crippen LogP contribution in [-0.4, -0.2) is 98.4 Å². The fourth-order valence-corrected chi connectivity index (χ4v) is 4.82. The van der Waals surface area contributed by atoms with Gasteiger partial charge in [-0.15, -0.1) is 0 Å². The van der Waals surface area contributed by atoms with E-state index in [0.29, 0.717) is 59.0 Å². The minimum Gasteiger partial charge on any atom is -0.378 e.